The van der Waals surface area contributed by atoms with Crippen LogP contribution in [0.5, 0.6) is 0 Å². The Morgan fingerprint density at radius 2 is 1.93 bits per heavy atom. The highest BCUT2D eigenvalue weighted by Gasteiger charge is 2.34. The fourth-order valence-electron chi connectivity index (χ4n) is 4.34. The highest BCUT2D eigenvalue weighted by atomic mass is 16.3. The molecule has 0 aromatic carbocycles. The Morgan fingerprint density at radius 1 is 1.17 bits per heavy atom. The van der Waals surface area contributed by atoms with Crippen molar-refractivity contribution in [3.8, 4) is 0 Å². The van der Waals surface area contributed by atoms with Crippen molar-refractivity contribution in [2.45, 2.75) is 44.7 Å². The van der Waals surface area contributed by atoms with Gasteiger partial charge in [0.15, 0.2) is 0 Å². The number of rotatable bonds is 5. The molecule has 0 bridgehead atoms. The quantitative estimate of drug-likeness (QED) is 0.837. The molecule has 2 aromatic heterocycles. The third-order valence-electron chi connectivity index (χ3n) is 5.99. The van der Waals surface area contributed by atoms with Crippen LogP contribution in [0.2, 0.25) is 0 Å². The molecule has 7 nitrogen and oxygen atoms in total. The van der Waals surface area contributed by atoms with Crippen LogP contribution in [-0.2, 0) is 16.1 Å². The Balaban J connectivity index is 1.35. The van der Waals surface area contributed by atoms with Gasteiger partial charge in [0.05, 0.1) is 19.0 Å². The maximum atomic E-state index is 12.9. The molecule has 2 saturated heterocycles. The van der Waals surface area contributed by atoms with Crippen LogP contribution < -0.4 is 5.32 Å². The second-order valence-corrected chi connectivity index (χ2v) is 7.93. The molecule has 0 radical (unpaired) electrons. The molecule has 0 aliphatic carbocycles. The van der Waals surface area contributed by atoms with Gasteiger partial charge in [-0.15, -0.1) is 0 Å². The summed E-state index contributed by atoms with van der Waals surface area (Å²) in [5, 5.41) is 2.90. The minimum Gasteiger partial charge on any atom is -0.465 e. The average molecular weight is 396 g/mol. The normalized spacial score (nSPS) is 21.2. The van der Waals surface area contributed by atoms with E-state index in [2.05, 4.69) is 27.3 Å². The minimum atomic E-state index is -0.445. The summed E-state index contributed by atoms with van der Waals surface area (Å²) in [6.45, 7) is 5.23. The second kappa shape index (κ2) is 8.78. The number of pyridine rings is 1. The van der Waals surface area contributed by atoms with Gasteiger partial charge in [0.25, 0.3) is 0 Å². The van der Waals surface area contributed by atoms with E-state index in [1.807, 2.05) is 36.4 Å². The maximum Gasteiger partial charge on any atom is 0.237 e. The summed E-state index contributed by atoms with van der Waals surface area (Å²) in [4.78, 5) is 33.5. The van der Waals surface area contributed by atoms with E-state index in [0.717, 1.165) is 37.5 Å². The van der Waals surface area contributed by atoms with E-state index in [-0.39, 0.29) is 18.2 Å². The monoisotopic (exact) mass is 396 g/mol. The fraction of sp³-hybridized carbons (Fsp3) is 0.500. The standard InChI is InChI=1S/C22H28N4O3/c1-16-2-3-19(29-16)15-26-13-10-24-22(28)20(26)14-21(27)25-11-6-18(7-12-25)17-4-8-23-9-5-17/h2-5,8-9,18,20H,6-7,10-15H2,1H3,(H,24,28). The molecular formula is C22H28N4O3. The Kier molecular flexibility index (Phi) is 5.94. The highest BCUT2D eigenvalue weighted by Crippen LogP contribution is 2.28. The number of aromatic nitrogens is 1. The number of hydrogen-bond acceptors (Lipinski definition) is 5. The van der Waals surface area contributed by atoms with Gasteiger partial charge >= 0.3 is 0 Å². The molecule has 2 aromatic rings. The van der Waals surface area contributed by atoms with Crippen molar-refractivity contribution in [1.82, 2.24) is 20.1 Å². The predicted molar refractivity (Wildman–Crippen MR) is 108 cm³/mol. The van der Waals surface area contributed by atoms with Gasteiger partial charge in [0.1, 0.15) is 11.5 Å². The van der Waals surface area contributed by atoms with E-state index < -0.39 is 6.04 Å². The number of hydrogen-bond donors (Lipinski definition) is 1. The molecule has 1 N–H and O–H groups in total. The van der Waals surface area contributed by atoms with Crippen molar-refractivity contribution >= 4 is 11.8 Å². The zero-order valence-electron chi connectivity index (χ0n) is 16.8. The summed E-state index contributed by atoms with van der Waals surface area (Å²) >= 11 is 0. The van der Waals surface area contributed by atoms with Gasteiger partial charge in [-0.3, -0.25) is 19.5 Å². The Bertz CT molecular complexity index is 843. The number of furan rings is 1. The third kappa shape index (κ3) is 4.67. The number of piperidine rings is 1. The summed E-state index contributed by atoms with van der Waals surface area (Å²) in [5.74, 6) is 2.14. The van der Waals surface area contributed by atoms with E-state index >= 15 is 0 Å². The predicted octanol–water partition coefficient (Wildman–Crippen LogP) is 2.08. The van der Waals surface area contributed by atoms with E-state index in [0.29, 0.717) is 25.6 Å². The van der Waals surface area contributed by atoms with Crippen LogP contribution in [0.15, 0.2) is 41.1 Å². The molecule has 2 fully saturated rings. The van der Waals surface area contributed by atoms with Gasteiger partial charge < -0.3 is 14.6 Å². The molecular weight excluding hydrogens is 368 g/mol. The van der Waals surface area contributed by atoms with Crippen molar-refractivity contribution in [2.24, 2.45) is 0 Å². The first-order valence-electron chi connectivity index (χ1n) is 10.3. The Hall–Kier alpha value is -2.67. The number of piperazine rings is 1. The van der Waals surface area contributed by atoms with Crippen LogP contribution in [0.4, 0.5) is 0 Å². The molecule has 4 heterocycles. The van der Waals surface area contributed by atoms with Gasteiger partial charge in [0.2, 0.25) is 11.8 Å². The number of nitrogens with zero attached hydrogens (tertiary/aromatic N) is 3. The lowest BCUT2D eigenvalue weighted by Gasteiger charge is -2.37. The number of aryl methyl sites for hydroxylation is 1. The Morgan fingerprint density at radius 3 is 2.62 bits per heavy atom. The van der Waals surface area contributed by atoms with Crippen LogP contribution >= 0.6 is 0 Å². The van der Waals surface area contributed by atoms with E-state index in [4.69, 9.17) is 4.42 Å². The smallest absolute Gasteiger partial charge is 0.237 e. The number of nitrogens with one attached hydrogen (secondary N) is 1. The second-order valence-electron chi connectivity index (χ2n) is 7.93. The summed E-state index contributed by atoms with van der Waals surface area (Å²) in [7, 11) is 0. The van der Waals surface area contributed by atoms with Gasteiger partial charge in [-0.1, -0.05) is 0 Å². The topological polar surface area (TPSA) is 78.7 Å². The molecule has 1 atom stereocenters. The molecule has 29 heavy (non-hydrogen) atoms. The van der Waals surface area contributed by atoms with E-state index in [1.165, 1.54) is 5.56 Å². The van der Waals surface area contributed by atoms with Gasteiger partial charge in [-0.25, -0.2) is 0 Å². The van der Waals surface area contributed by atoms with Crippen LogP contribution in [-0.4, -0.2) is 58.8 Å². The van der Waals surface area contributed by atoms with Gasteiger partial charge in [-0.05, 0) is 55.5 Å². The van der Waals surface area contributed by atoms with Crippen molar-refractivity contribution in [3.63, 3.8) is 0 Å². The van der Waals surface area contributed by atoms with E-state index in [9.17, 15) is 9.59 Å². The molecule has 2 aliphatic heterocycles. The highest BCUT2D eigenvalue weighted by molar-refractivity contribution is 5.88. The van der Waals surface area contributed by atoms with Crippen molar-refractivity contribution in [2.75, 3.05) is 26.2 Å². The minimum absolute atomic E-state index is 0.0563. The molecule has 7 heteroatoms. The molecule has 4 rings (SSSR count). The number of amides is 2. The van der Waals surface area contributed by atoms with Gasteiger partial charge in [-0.2, -0.15) is 0 Å². The molecule has 0 saturated carbocycles. The number of carbonyl (C=O) groups excluding carboxylic acids is 2. The molecule has 0 spiro atoms. The lowest BCUT2D eigenvalue weighted by molar-refractivity contribution is -0.139. The summed E-state index contributed by atoms with van der Waals surface area (Å²) < 4.78 is 5.67. The SMILES string of the molecule is Cc1ccc(CN2CCNC(=O)C2CC(=O)N2CCC(c3ccncc3)CC2)o1. The zero-order valence-corrected chi connectivity index (χ0v) is 16.8. The van der Waals surface area contributed by atoms with Gasteiger partial charge in [0, 0.05) is 38.6 Å². The van der Waals surface area contributed by atoms with Crippen molar-refractivity contribution in [1.29, 1.82) is 0 Å². The fourth-order valence-corrected chi connectivity index (χ4v) is 4.34. The number of carbonyl (C=O) groups is 2. The van der Waals surface area contributed by atoms with Crippen molar-refractivity contribution < 1.29 is 14.0 Å². The first-order valence-corrected chi connectivity index (χ1v) is 10.3. The first-order chi connectivity index (χ1) is 14.1. The van der Waals surface area contributed by atoms with E-state index in [1.54, 1.807) is 0 Å². The largest absolute Gasteiger partial charge is 0.465 e. The summed E-state index contributed by atoms with van der Waals surface area (Å²) in [5.41, 5.74) is 1.29. The Labute approximate surface area is 171 Å². The third-order valence-corrected chi connectivity index (χ3v) is 5.99. The molecule has 1 unspecified atom stereocenters. The zero-order chi connectivity index (χ0) is 20.2. The summed E-state index contributed by atoms with van der Waals surface area (Å²) in [6.07, 6.45) is 5.75. The molecule has 2 aliphatic rings. The maximum absolute atomic E-state index is 12.9. The molecule has 154 valence electrons. The van der Waals surface area contributed by atoms with Crippen LogP contribution in [0.3, 0.4) is 0 Å². The lowest BCUT2D eigenvalue weighted by Crippen LogP contribution is -2.56. The average Bonchev–Trinajstić information content (AvgIpc) is 3.16. The lowest BCUT2D eigenvalue weighted by atomic mass is 9.90. The van der Waals surface area contributed by atoms with Crippen molar-refractivity contribution in [3.05, 3.63) is 53.7 Å². The number of likely N-dealkylation sites (tertiary alicyclic amines) is 1. The van der Waals surface area contributed by atoms with Crippen LogP contribution in [0, 0.1) is 6.92 Å². The first kappa shape index (κ1) is 19.6. The van der Waals surface area contributed by atoms with Crippen LogP contribution in [0.1, 0.15) is 42.3 Å². The van der Waals surface area contributed by atoms with Crippen LogP contribution in [0.25, 0.3) is 0 Å². The molecule has 2 amide bonds. The summed E-state index contributed by atoms with van der Waals surface area (Å²) in [6, 6.07) is 7.53.